The van der Waals surface area contributed by atoms with Crippen LogP contribution in [0, 0.1) is 12.4 Å². The topological polar surface area (TPSA) is 50.0 Å². The lowest BCUT2D eigenvalue weighted by molar-refractivity contribution is -0.0499. The first-order valence-corrected chi connectivity index (χ1v) is 8.54. The van der Waals surface area contributed by atoms with Crippen molar-refractivity contribution in [3.63, 3.8) is 0 Å². The molecule has 0 radical (unpaired) electrons. The number of amides is 2. The van der Waals surface area contributed by atoms with Gasteiger partial charge in [-0.25, -0.2) is 20.7 Å². The van der Waals surface area contributed by atoms with Crippen LogP contribution in [0.15, 0.2) is 54.9 Å². The van der Waals surface area contributed by atoms with Crippen LogP contribution in [0.1, 0.15) is 0 Å². The number of alkyl halides is 2. The van der Waals surface area contributed by atoms with Crippen molar-refractivity contribution in [1.29, 1.82) is 0 Å². The normalized spacial score (nSPS) is 16.5. The van der Waals surface area contributed by atoms with E-state index in [0.29, 0.717) is 5.69 Å². The fraction of sp³-hybridized carbons (Fsp3) is 0.150. The van der Waals surface area contributed by atoms with Crippen molar-refractivity contribution in [3.8, 4) is 5.75 Å². The minimum Gasteiger partial charge on any atom is -0.435 e. The van der Waals surface area contributed by atoms with Gasteiger partial charge in [-0.05, 0) is 12.1 Å². The SMILES string of the molecule is [C-]#[N+]C1CN(c2ccc(OC(F)F)cc2F)C(=O)N1c1cncc2ccccc12. The summed E-state index contributed by atoms with van der Waals surface area (Å²) < 4.78 is 43.3. The van der Waals surface area contributed by atoms with E-state index >= 15 is 0 Å². The van der Waals surface area contributed by atoms with Crippen LogP contribution in [0.5, 0.6) is 5.75 Å². The van der Waals surface area contributed by atoms with Crippen LogP contribution in [0.25, 0.3) is 15.6 Å². The summed E-state index contributed by atoms with van der Waals surface area (Å²) >= 11 is 0. The van der Waals surface area contributed by atoms with E-state index in [9.17, 15) is 18.0 Å². The number of ether oxygens (including phenoxy) is 1. The Kier molecular flexibility index (Phi) is 4.68. The van der Waals surface area contributed by atoms with Crippen LogP contribution >= 0.6 is 0 Å². The number of halogens is 3. The number of rotatable bonds is 4. The standard InChI is InChI=1S/C20H13F3N4O2/c1-24-18-11-26(16-7-6-13(8-15(16)21)29-19(22)23)20(28)27(18)17-10-25-9-12-4-2-3-5-14(12)17/h2-10,18-19H,11H2. The molecular formula is C20H13F3N4O2. The number of anilines is 2. The molecule has 0 saturated carbocycles. The van der Waals surface area contributed by atoms with Gasteiger partial charge in [-0.15, -0.1) is 0 Å². The van der Waals surface area contributed by atoms with Crippen LogP contribution in [-0.2, 0) is 0 Å². The van der Waals surface area contributed by atoms with E-state index < -0.39 is 24.6 Å². The van der Waals surface area contributed by atoms with Crippen LogP contribution in [0.2, 0.25) is 0 Å². The maximum Gasteiger partial charge on any atom is 0.387 e. The van der Waals surface area contributed by atoms with E-state index in [1.54, 1.807) is 18.3 Å². The Labute approximate surface area is 163 Å². The number of hydrogen-bond acceptors (Lipinski definition) is 3. The highest BCUT2D eigenvalue weighted by Gasteiger charge is 2.44. The average Bonchev–Trinajstić information content (AvgIpc) is 3.03. The number of carbonyl (C=O) groups excluding carboxylic acids is 1. The van der Waals surface area contributed by atoms with E-state index in [2.05, 4.69) is 14.6 Å². The zero-order chi connectivity index (χ0) is 20.5. The number of carbonyl (C=O) groups is 1. The molecule has 1 atom stereocenters. The Hall–Kier alpha value is -3.80. The summed E-state index contributed by atoms with van der Waals surface area (Å²) in [5.74, 6) is -1.26. The highest BCUT2D eigenvalue weighted by Crippen LogP contribution is 2.35. The Morgan fingerprint density at radius 1 is 1.17 bits per heavy atom. The summed E-state index contributed by atoms with van der Waals surface area (Å²) in [7, 11) is 0. The predicted octanol–water partition coefficient (Wildman–Crippen LogP) is 4.67. The van der Waals surface area contributed by atoms with Gasteiger partial charge in [0.05, 0.1) is 17.6 Å². The molecule has 2 aromatic carbocycles. The van der Waals surface area contributed by atoms with Crippen LogP contribution in [0.3, 0.4) is 0 Å². The minimum atomic E-state index is -3.09. The fourth-order valence-electron chi connectivity index (χ4n) is 3.32. The maximum atomic E-state index is 14.5. The lowest BCUT2D eigenvalue weighted by Gasteiger charge is -2.19. The molecule has 1 aromatic heterocycles. The van der Waals surface area contributed by atoms with Crippen LogP contribution < -0.4 is 14.5 Å². The molecular weight excluding hydrogens is 385 g/mol. The number of fused-ring (bicyclic) bond motifs is 1. The summed E-state index contributed by atoms with van der Waals surface area (Å²) in [5.41, 5.74) is 0.315. The summed E-state index contributed by atoms with van der Waals surface area (Å²) in [6, 6.07) is 9.77. The number of urea groups is 1. The van der Waals surface area contributed by atoms with Gasteiger partial charge in [0.2, 0.25) is 0 Å². The van der Waals surface area contributed by atoms with Crippen molar-refractivity contribution in [1.82, 2.24) is 4.98 Å². The van der Waals surface area contributed by atoms with Gasteiger partial charge in [-0.2, -0.15) is 8.78 Å². The summed E-state index contributed by atoms with van der Waals surface area (Å²) in [6.07, 6.45) is 2.23. The predicted molar refractivity (Wildman–Crippen MR) is 100 cm³/mol. The monoisotopic (exact) mass is 398 g/mol. The first-order chi connectivity index (χ1) is 14.0. The Balaban J connectivity index is 1.73. The maximum absolute atomic E-state index is 14.5. The zero-order valence-electron chi connectivity index (χ0n) is 14.8. The third kappa shape index (κ3) is 3.29. The molecule has 1 saturated heterocycles. The molecule has 1 fully saturated rings. The molecule has 6 nitrogen and oxygen atoms in total. The quantitative estimate of drug-likeness (QED) is 0.601. The number of nitrogens with zero attached hydrogens (tertiary/aromatic N) is 4. The highest BCUT2D eigenvalue weighted by atomic mass is 19.3. The van der Waals surface area contributed by atoms with E-state index in [1.807, 2.05) is 12.1 Å². The highest BCUT2D eigenvalue weighted by molar-refractivity contribution is 6.11. The Morgan fingerprint density at radius 2 is 1.97 bits per heavy atom. The Bertz CT molecular complexity index is 1130. The van der Waals surface area contributed by atoms with Gasteiger partial charge in [0.15, 0.2) is 5.82 Å². The molecule has 146 valence electrons. The molecule has 0 N–H and O–H groups in total. The smallest absolute Gasteiger partial charge is 0.387 e. The molecule has 29 heavy (non-hydrogen) atoms. The summed E-state index contributed by atoms with van der Waals surface area (Å²) in [6.45, 7) is 4.31. The number of benzene rings is 2. The fourth-order valence-corrected chi connectivity index (χ4v) is 3.32. The molecule has 3 aromatic rings. The van der Waals surface area contributed by atoms with Crippen LogP contribution in [0.4, 0.5) is 29.3 Å². The van der Waals surface area contributed by atoms with Crippen molar-refractivity contribution in [3.05, 3.63) is 72.1 Å². The second-order valence-electron chi connectivity index (χ2n) is 6.24. The second-order valence-corrected chi connectivity index (χ2v) is 6.24. The van der Waals surface area contributed by atoms with E-state index in [0.717, 1.165) is 27.8 Å². The summed E-state index contributed by atoms with van der Waals surface area (Å²) in [4.78, 5) is 23.1. The Morgan fingerprint density at radius 3 is 2.69 bits per heavy atom. The lowest BCUT2D eigenvalue weighted by atomic mass is 10.1. The first-order valence-electron chi connectivity index (χ1n) is 8.54. The molecule has 0 spiro atoms. The van der Waals surface area contributed by atoms with Gasteiger partial charge in [-0.3, -0.25) is 14.7 Å². The molecule has 0 aliphatic carbocycles. The first kappa shape index (κ1) is 18.6. The molecule has 4 rings (SSSR count). The molecule has 1 aliphatic heterocycles. The third-order valence-electron chi connectivity index (χ3n) is 4.57. The van der Waals surface area contributed by atoms with Gasteiger partial charge < -0.3 is 4.74 Å². The number of hydrogen-bond donors (Lipinski definition) is 0. The zero-order valence-corrected chi connectivity index (χ0v) is 14.8. The molecule has 1 aliphatic rings. The second kappa shape index (κ2) is 7.31. The van der Waals surface area contributed by atoms with Gasteiger partial charge in [-0.1, -0.05) is 24.3 Å². The summed E-state index contributed by atoms with van der Waals surface area (Å²) in [5, 5.41) is 1.52. The molecule has 2 heterocycles. The van der Waals surface area contributed by atoms with Gasteiger partial charge >= 0.3 is 18.8 Å². The van der Waals surface area contributed by atoms with Crippen molar-refractivity contribution in [2.45, 2.75) is 12.8 Å². The van der Waals surface area contributed by atoms with E-state index in [4.69, 9.17) is 6.57 Å². The van der Waals surface area contributed by atoms with Gasteiger partial charge in [0, 0.05) is 23.0 Å². The van der Waals surface area contributed by atoms with Gasteiger partial charge in [0.25, 0.3) is 0 Å². The molecule has 1 unspecified atom stereocenters. The third-order valence-corrected chi connectivity index (χ3v) is 4.57. The van der Waals surface area contributed by atoms with Crippen molar-refractivity contribution < 1.29 is 22.7 Å². The minimum absolute atomic E-state index is 0.0858. The van der Waals surface area contributed by atoms with Crippen molar-refractivity contribution in [2.24, 2.45) is 0 Å². The van der Waals surface area contributed by atoms with Crippen molar-refractivity contribution in [2.75, 3.05) is 16.3 Å². The number of aromatic nitrogens is 1. The lowest BCUT2D eigenvalue weighted by Crippen LogP contribution is -2.34. The molecule has 2 amide bonds. The molecule has 0 bridgehead atoms. The van der Waals surface area contributed by atoms with Gasteiger partial charge in [0.1, 0.15) is 12.3 Å². The average molecular weight is 398 g/mol. The van der Waals surface area contributed by atoms with Crippen LogP contribution in [-0.4, -0.2) is 30.3 Å². The number of pyridine rings is 1. The van der Waals surface area contributed by atoms with E-state index in [-0.39, 0.29) is 18.0 Å². The van der Waals surface area contributed by atoms with Crippen molar-refractivity contribution >= 4 is 28.2 Å². The van der Waals surface area contributed by atoms with E-state index in [1.165, 1.54) is 17.2 Å². The largest absolute Gasteiger partial charge is 0.435 e. The molecule has 9 heteroatoms.